The highest BCUT2D eigenvalue weighted by molar-refractivity contribution is 7.99. The first-order valence-electron chi connectivity index (χ1n) is 10.6. The molecule has 0 radical (unpaired) electrons. The zero-order valence-corrected chi connectivity index (χ0v) is 19.4. The Morgan fingerprint density at radius 1 is 1.25 bits per heavy atom. The molecule has 1 fully saturated rings. The van der Waals surface area contributed by atoms with Crippen LogP contribution in [0.5, 0.6) is 0 Å². The van der Waals surface area contributed by atoms with E-state index >= 15 is 0 Å². The molecule has 1 heterocycles. The van der Waals surface area contributed by atoms with Crippen LogP contribution in [0.25, 0.3) is 6.08 Å². The molecule has 3 rings (SSSR count). The molecule has 1 unspecified atom stereocenters. The number of nitro groups is 1. The molecule has 1 aliphatic heterocycles. The summed E-state index contributed by atoms with van der Waals surface area (Å²) in [5.74, 6) is 0.148. The maximum Gasteiger partial charge on any atom is 0.283 e. The SMILES string of the molecule is CC(C)c1ccccc1Sc1ccc(/C=C/C(=O)N2CCN(C)C(CO)C2)cc1[N+](=O)[O-]. The molecule has 1 aliphatic rings. The Morgan fingerprint density at radius 3 is 2.69 bits per heavy atom. The standard InChI is InChI=1S/C24H29N3O4S/c1-17(2)20-6-4-5-7-22(20)32-23-10-8-18(14-21(23)27(30)31)9-11-24(29)26-13-12-25(3)19(15-26)16-28/h4-11,14,17,19,28H,12-13,15-16H2,1-3H3/b11-9+. The molecule has 0 spiro atoms. The summed E-state index contributed by atoms with van der Waals surface area (Å²) in [5, 5.41) is 21.2. The third-order valence-electron chi connectivity index (χ3n) is 5.66. The Labute approximate surface area is 192 Å². The summed E-state index contributed by atoms with van der Waals surface area (Å²) in [4.78, 5) is 29.2. The lowest BCUT2D eigenvalue weighted by molar-refractivity contribution is -0.387. The molecule has 0 saturated carbocycles. The topological polar surface area (TPSA) is 86.9 Å². The van der Waals surface area contributed by atoms with Gasteiger partial charge in [0.1, 0.15) is 0 Å². The molecule has 8 heteroatoms. The molecule has 170 valence electrons. The molecule has 0 bridgehead atoms. The number of carbonyl (C=O) groups excluding carboxylic acids is 1. The monoisotopic (exact) mass is 455 g/mol. The van der Waals surface area contributed by atoms with Crippen molar-refractivity contribution in [3.63, 3.8) is 0 Å². The number of benzene rings is 2. The van der Waals surface area contributed by atoms with Crippen molar-refractivity contribution in [2.24, 2.45) is 0 Å². The summed E-state index contributed by atoms with van der Waals surface area (Å²) in [6.45, 7) is 5.93. The summed E-state index contributed by atoms with van der Waals surface area (Å²) < 4.78 is 0. The van der Waals surface area contributed by atoms with E-state index in [0.717, 1.165) is 10.5 Å². The minimum absolute atomic E-state index is 0.00471. The smallest absolute Gasteiger partial charge is 0.283 e. The van der Waals surface area contributed by atoms with Gasteiger partial charge >= 0.3 is 0 Å². The number of nitro benzene ring substituents is 1. The molecule has 1 N–H and O–H groups in total. The van der Waals surface area contributed by atoms with Crippen molar-refractivity contribution in [1.82, 2.24) is 9.80 Å². The van der Waals surface area contributed by atoms with Gasteiger partial charge in [0.15, 0.2) is 0 Å². The van der Waals surface area contributed by atoms with Gasteiger partial charge in [-0.25, -0.2) is 0 Å². The normalized spacial score (nSPS) is 17.3. The van der Waals surface area contributed by atoms with Crippen LogP contribution in [0.4, 0.5) is 5.69 Å². The van der Waals surface area contributed by atoms with Gasteiger partial charge in [0.25, 0.3) is 5.69 Å². The molecule has 0 aliphatic carbocycles. The Hall–Kier alpha value is -2.68. The van der Waals surface area contributed by atoms with Crippen LogP contribution >= 0.6 is 11.8 Å². The number of aliphatic hydroxyl groups is 1. The van der Waals surface area contributed by atoms with E-state index in [4.69, 9.17) is 0 Å². The number of hydrogen-bond acceptors (Lipinski definition) is 6. The van der Waals surface area contributed by atoms with Crippen LogP contribution in [0, 0.1) is 10.1 Å². The summed E-state index contributed by atoms with van der Waals surface area (Å²) in [7, 11) is 1.93. The van der Waals surface area contributed by atoms with Gasteiger partial charge in [0.05, 0.1) is 22.5 Å². The van der Waals surface area contributed by atoms with Crippen molar-refractivity contribution >= 4 is 29.4 Å². The Balaban J connectivity index is 1.78. The highest BCUT2D eigenvalue weighted by Crippen LogP contribution is 2.39. The van der Waals surface area contributed by atoms with E-state index in [2.05, 4.69) is 13.8 Å². The van der Waals surface area contributed by atoms with Crippen LogP contribution < -0.4 is 0 Å². The van der Waals surface area contributed by atoms with E-state index in [1.165, 1.54) is 23.9 Å². The second-order valence-corrected chi connectivity index (χ2v) is 9.30. The van der Waals surface area contributed by atoms with Crippen LogP contribution in [0.3, 0.4) is 0 Å². The van der Waals surface area contributed by atoms with Crippen molar-refractivity contribution < 1.29 is 14.8 Å². The predicted octanol–water partition coefficient (Wildman–Crippen LogP) is 4.02. The van der Waals surface area contributed by atoms with Gasteiger partial charge in [-0.3, -0.25) is 19.8 Å². The van der Waals surface area contributed by atoms with E-state index in [1.807, 2.05) is 36.2 Å². The maximum atomic E-state index is 12.6. The van der Waals surface area contributed by atoms with Gasteiger partial charge in [-0.2, -0.15) is 0 Å². The molecule has 7 nitrogen and oxygen atoms in total. The van der Waals surface area contributed by atoms with Crippen LogP contribution in [-0.2, 0) is 4.79 Å². The maximum absolute atomic E-state index is 12.6. The first-order valence-corrected chi connectivity index (χ1v) is 11.4. The molecule has 32 heavy (non-hydrogen) atoms. The van der Waals surface area contributed by atoms with Gasteiger partial charge in [-0.05, 0) is 42.3 Å². The lowest BCUT2D eigenvalue weighted by Crippen LogP contribution is -2.54. The molecule has 1 amide bonds. The van der Waals surface area contributed by atoms with Gasteiger partial charge in [-0.1, -0.05) is 49.9 Å². The number of carbonyl (C=O) groups is 1. The Bertz CT molecular complexity index is 1010. The predicted molar refractivity (Wildman–Crippen MR) is 127 cm³/mol. The van der Waals surface area contributed by atoms with Crippen molar-refractivity contribution in [2.75, 3.05) is 33.3 Å². The first-order chi connectivity index (χ1) is 15.3. The average molecular weight is 456 g/mol. The zero-order valence-electron chi connectivity index (χ0n) is 18.6. The van der Waals surface area contributed by atoms with Crippen molar-refractivity contribution in [1.29, 1.82) is 0 Å². The fraction of sp³-hybridized carbons (Fsp3) is 0.375. The summed E-state index contributed by atoms with van der Waals surface area (Å²) in [5.41, 5.74) is 1.76. The van der Waals surface area contributed by atoms with Crippen LogP contribution in [0.15, 0.2) is 58.3 Å². The molecule has 1 saturated heterocycles. The van der Waals surface area contributed by atoms with Crippen molar-refractivity contribution in [3.05, 3.63) is 69.8 Å². The van der Waals surface area contributed by atoms with E-state index in [-0.39, 0.29) is 29.2 Å². The van der Waals surface area contributed by atoms with Gasteiger partial charge in [-0.15, -0.1) is 0 Å². The van der Waals surface area contributed by atoms with E-state index in [0.29, 0.717) is 36.0 Å². The molecular formula is C24H29N3O4S. The number of amides is 1. The van der Waals surface area contributed by atoms with E-state index in [1.54, 1.807) is 23.1 Å². The fourth-order valence-corrected chi connectivity index (χ4v) is 4.83. The molecule has 1 atom stereocenters. The van der Waals surface area contributed by atoms with E-state index < -0.39 is 0 Å². The summed E-state index contributed by atoms with van der Waals surface area (Å²) in [6, 6.07) is 12.9. The Morgan fingerprint density at radius 2 is 2.00 bits per heavy atom. The lowest BCUT2D eigenvalue weighted by atomic mass is 10.0. The molecular weight excluding hydrogens is 426 g/mol. The molecule has 0 aromatic heterocycles. The van der Waals surface area contributed by atoms with Crippen LogP contribution in [-0.4, -0.2) is 65.1 Å². The fourth-order valence-electron chi connectivity index (χ4n) is 3.65. The Kier molecular flexibility index (Phi) is 8.06. The second-order valence-electron chi connectivity index (χ2n) is 8.21. The van der Waals surface area contributed by atoms with Crippen molar-refractivity contribution in [2.45, 2.75) is 35.6 Å². The quantitative estimate of drug-likeness (QED) is 0.386. The van der Waals surface area contributed by atoms with Gasteiger partial charge in [0.2, 0.25) is 5.91 Å². The minimum Gasteiger partial charge on any atom is -0.395 e. The van der Waals surface area contributed by atoms with Crippen molar-refractivity contribution in [3.8, 4) is 0 Å². The number of piperazine rings is 1. The highest BCUT2D eigenvalue weighted by Gasteiger charge is 2.25. The van der Waals surface area contributed by atoms with Gasteiger partial charge in [0, 0.05) is 36.7 Å². The minimum atomic E-state index is -0.383. The average Bonchev–Trinajstić information content (AvgIpc) is 2.78. The number of likely N-dealkylation sites (N-methyl/N-ethyl adjacent to an activating group) is 1. The summed E-state index contributed by atoms with van der Waals surface area (Å²) >= 11 is 1.39. The summed E-state index contributed by atoms with van der Waals surface area (Å²) in [6.07, 6.45) is 3.05. The third kappa shape index (κ3) is 5.76. The van der Waals surface area contributed by atoms with Crippen LogP contribution in [0.2, 0.25) is 0 Å². The number of aliphatic hydroxyl groups excluding tert-OH is 1. The number of hydrogen-bond donors (Lipinski definition) is 1. The number of rotatable bonds is 7. The lowest BCUT2D eigenvalue weighted by Gasteiger charge is -2.38. The molecule has 2 aromatic rings. The zero-order chi connectivity index (χ0) is 23.3. The van der Waals surface area contributed by atoms with E-state index in [9.17, 15) is 20.0 Å². The van der Waals surface area contributed by atoms with Crippen LogP contribution in [0.1, 0.15) is 30.9 Å². The second kappa shape index (κ2) is 10.8. The third-order valence-corrected chi connectivity index (χ3v) is 6.82. The molecule has 2 aromatic carbocycles. The van der Waals surface area contributed by atoms with Gasteiger partial charge < -0.3 is 10.0 Å². The first kappa shape index (κ1) is 24.0. The highest BCUT2D eigenvalue weighted by atomic mass is 32.2. The number of nitrogens with zero attached hydrogens (tertiary/aromatic N) is 3. The largest absolute Gasteiger partial charge is 0.395 e.